The lowest BCUT2D eigenvalue weighted by atomic mass is 10.1. The number of aromatic nitrogens is 4. The van der Waals surface area contributed by atoms with Gasteiger partial charge in [0.1, 0.15) is 17.1 Å². The van der Waals surface area contributed by atoms with Gasteiger partial charge in [-0.2, -0.15) is 18.3 Å². The SMILES string of the molecule is COc1ccn2c(=O)c(-c3ccn(-c4ccccc4)n3)c(C(F)(F)F)nc2c1. The molecule has 28 heavy (non-hydrogen) atoms. The van der Waals surface area contributed by atoms with Gasteiger partial charge in [-0.25, -0.2) is 9.67 Å². The minimum atomic E-state index is -4.83. The summed E-state index contributed by atoms with van der Waals surface area (Å²) >= 11 is 0. The second-order valence-electron chi connectivity index (χ2n) is 5.91. The Balaban J connectivity index is 1.97. The number of fused-ring (bicyclic) bond motifs is 1. The molecule has 0 fully saturated rings. The van der Waals surface area contributed by atoms with E-state index in [0.717, 1.165) is 4.40 Å². The second-order valence-corrected chi connectivity index (χ2v) is 5.91. The maximum atomic E-state index is 13.7. The average molecular weight is 386 g/mol. The molecule has 3 aromatic heterocycles. The molecule has 0 amide bonds. The van der Waals surface area contributed by atoms with Crippen LogP contribution in [0.25, 0.3) is 22.6 Å². The topological polar surface area (TPSA) is 61.4 Å². The summed E-state index contributed by atoms with van der Waals surface area (Å²) in [5.74, 6) is 0.293. The lowest BCUT2D eigenvalue weighted by Gasteiger charge is -2.12. The van der Waals surface area contributed by atoms with E-state index < -0.39 is 23.0 Å². The molecule has 0 aliphatic heterocycles. The first-order valence-corrected chi connectivity index (χ1v) is 8.17. The highest BCUT2D eigenvalue weighted by Crippen LogP contribution is 2.34. The summed E-state index contributed by atoms with van der Waals surface area (Å²) in [6, 6.07) is 13.0. The van der Waals surface area contributed by atoms with Crippen molar-refractivity contribution < 1.29 is 17.9 Å². The molecule has 1 aromatic carbocycles. The van der Waals surface area contributed by atoms with E-state index in [9.17, 15) is 18.0 Å². The van der Waals surface area contributed by atoms with Gasteiger partial charge in [-0.3, -0.25) is 9.20 Å². The Bertz CT molecular complexity index is 1210. The summed E-state index contributed by atoms with van der Waals surface area (Å²) in [5, 5.41) is 4.16. The van der Waals surface area contributed by atoms with Crippen LogP contribution in [0.1, 0.15) is 5.69 Å². The maximum Gasteiger partial charge on any atom is 0.434 e. The molecule has 0 spiro atoms. The van der Waals surface area contributed by atoms with Gasteiger partial charge in [0.2, 0.25) is 0 Å². The number of methoxy groups -OCH3 is 1. The number of benzene rings is 1. The van der Waals surface area contributed by atoms with Gasteiger partial charge in [0.25, 0.3) is 5.56 Å². The van der Waals surface area contributed by atoms with E-state index in [1.807, 2.05) is 6.07 Å². The highest BCUT2D eigenvalue weighted by Gasteiger charge is 2.38. The highest BCUT2D eigenvalue weighted by molar-refractivity contribution is 5.64. The van der Waals surface area contributed by atoms with Crippen molar-refractivity contribution in [3.63, 3.8) is 0 Å². The van der Waals surface area contributed by atoms with Crippen LogP contribution in [0, 0.1) is 0 Å². The second kappa shape index (κ2) is 6.52. The smallest absolute Gasteiger partial charge is 0.434 e. The van der Waals surface area contributed by atoms with Crippen molar-refractivity contribution in [1.29, 1.82) is 0 Å². The molecular weight excluding hydrogens is 373 g/mol. The van der Waals surface area contributed by atoms with E-state index >= 15 is 0 Å². The number of hydrogen-bond acceptors (Lipinski definition) is 4. The van der Waals surface area contributed by atoms with Crippen molar-refractivity contribution in [2.24, 2.45) is 0 Å². The fourth-order valence-corrected chi connectivity index (χ4v) is 2.86. The summed E-state index contributed by atoms with van der Waals surface area (Å²) in [7, 11) is 1.37. The largest absolute Gasteiger partial charge is 0.497 e. The molecule has 142 valence electrons. The molecule has 0 unspecified atom stereocenters. The quantitative estimate of drug-likeness (QED) is 0.540. The molecule has 0 saturated carbocycles. The molecule has 0 aliphatic carbocycles. The average Bonchev–Trinajstić information content (AvgIpc) is 3.17. The summed E-state index contributed by atoms with van der Waals surface area (Å²) in [6.07, 6.45) is -2.02. The number of nitrogens with zero attached hydrogens (tertiary/aromatic N) is 4. The molecule has 0 radical (unpaired) electrons. The molecule has 0 atom stereocenters. The van der Waals surface area contributed by atoms with Gasteiger partial charge < -0.3 is 4.74 Å². The zero-order valence-electron chi connectivity index (χ0n) is 14.5. The lowest BCUT2D eigenvalue weighted by Crippen LogP contribution is -2.24. The van der Waals surface area contributed by atoms with Crippen molar-refractivity contribution >= 4 is 5.65 Å². The Labute approximate surface area is 156 Å². The van der Waals surface area contributed by atoms with Gasteiger partial charge in [-0.05, 0) is 24.3 Å². The third-order valence-electron chi connectivity index (χ3n) is 4.17. The summed E-state index contributed by atoms with van der Waals surface area (Å²) in [4.78, 5) is 16.6. The van der Waals surface area contributed by atoms with Gasteiger partial charge in [0.05, 0.1) is 18.4 Å². The predicted molar refractivity (Wildman–Crippen MR) is 95.6 cm³/mol. The Morgan fingerprint density at radius 1 is 1.04 bits per heavy atom. The van der Waals surface area contributed by atoms with Gasteiger partial charge in [0.15, 0.2) is 5.69 Å². The fraction of sp³-hybridized carbons (Fsp3) is 0.105. The molecule has 0 bridgehead atoms. The van der Waals surface area contributed by atoms with E-state index in [0.29, 0.717) is 11.4 Å². The van der Waals surface area contributed by atoms with Crippen molar-refractivity contribution in [3.05, 3.63) is 77.0 Å². The molecule has 4 aromatic rings. The standard InChI is InChI=1S/C19H13F3N4O2/c1-28-13-7-9-25-15(11-13)23-17(19(20,21)22)16(18(25)27)14-8-10-26(24-14)12-5-3-2-4-6-12/h2-11H,1H3. The zero-order chi connectivity index (χ0) is 19.9. The number of rotatable bonds is 3. The molecule has 4 rings (SSSR count). The van der Waals surface area contributed by atoms with Crippen LogP contribution in [0.15, 0.2) is 65.7 Å². The molecule has 6 nitrogen and oxygen atoms in total. The predicted octanol–water partition coefficient (Wildman–Crippen LogP) is 3.57. The number of halogens is 3. The molecular formula is C19H13F3N4O2. The van der Waals surface area contributed by atoms with Crippen LogP contribution in [0.4, 0.5) is 13.2 Å². The van der Waals surface area contributed by atoms with E-state index in [-0.39, 0.29) is 11.3 Å². The Kier molecular flexibility index (Phi) is 4.14. The summed E-state index contributed by atoms with van der Waals surface area (Å²) in [5.41, 5.74) is -2.38. The van der Waals surface area contributed by atoms with E-state index in [2.05, 4.69) is 10.1 Å². The van der Waals surface area contributed by atoms with Crippen LogP contribution in [-0.4, -0.2) is 26.3 Å². The van der Waals surface area contributed by atoms with Crippen LogP contribution in [-0.2, 0) is 6.18 Å². The summed E-state index contributed by atoms with van der Waals surface area (Å²) in [6.45, 7) is 0. The van der Waals surface area contributed by atoms with Crippen LogP contribution in [0.3, 0.4) is 0 Å². The van der Waals surface area contributed by atoms with Gasteiger partial charge >= 0.3 is 6.18 Å². The maximum absolute atomic E-state index is 13.7. The van der Waals surface area contributed by atoms with E-state index in [1.54, 1.807) is 24.3 Å². The molecule has 0 aliphatic rings. The van der Waals surface area contributed by atoms with Gasteiger partial charge in [-0.1, -0.05) is 18.2 Å². The third kappa shape index (κ3) is 3.00. The van der Waals surface area contributed by atoms with Crippen molar-refractivity contribution in [2.75, 3.05) is 7.11 Å². The van der Waals surface area contributed by atoms with Crippen LogP contribution < -0.4 is 10.3 Å². The highest BCUT2D eigenvalue weighted by atomic mass is 19.4. The van der Waals surface area contributed by atoms with Gasteiger partial charge in [-0.15, -0.1) is 0 Å². The van der Waals surface area contributed by atoms with E-state index in [1.165, 1.54) is 42.4 Å². The first kappa shape index (κ1) is 17.8. The van der Waals surface area contributed by atoms with Crippen LogP contribution >= 0.6 is 0 Å². The number of para-hydroxylation sites is 1. The number of alkyl halides is 3. The minimum absolute atomic E-state index is 0.112. The van der Waals surface area contributed by atoms with Crippen LogP contribution in [0.2, 0.25) is 0 Å². The monoisotopic (exact) mass is 386 g/mol. The molecule has 9 heteroatoms. The fourth-order valence-electron chi connectivity index (χ4n) is 2.86. The summed E-state index contributed by atoms with van der Waals surface area (Å²) < 4.78 is 48.5. The Morgan fingerprint density at radius 2 is 1.79 bits per heavy atom. The van der Waals surface area contributed by atoms with Gasteiger partial charge in [0, 0.05) is 18.5 Å². The van der Waals surface area contributed by atoms with Crippen molar-refractivity contribution in [3.8, 4) is 22.7 Å². The minimum Gasteiger partial charge on any atom is -0.497 e. The van der Waals surface area contributed by atoms with E-state index in [4.69, 9.17) is 4.74 Å². The Hall–Kier alpha value is -3.62. The first-order valence-electron chi connectivity index (χ1n) is 8.17. The Morgan fingerprint density at radius 3 is 2.46 bits per heavy atom. The van der Waals surface area contributed by atoms with Crippen LogP contribution in [0.5, 0.6) is 5.75 Å². The first-order chi connectivity index (χ1) is 13.4. The number of ether oxygens (including phenoxy) is 1. The number of pyridine rings is 1. The number of hydrogen-bond donors (Lipinski definition) is 0. The molecule has 0 N–H and O–H groups in total. The third-order valence-corrected chi connectivity index (χ3v) is 4.17. The lowest BCUT2D eigenvalue weighted by molar-refractivity contribution is -0.140. The zero-order valence-corrected chi connectivity index (χ0v) is 14.5. The molecule has 0 saturated heterocycles. The van der Waals surface area contributed by atoms with Crippen molar-refractivity contribution in [2.45, 2.75) is 6.18 Å². The van der Waals surface area contributed by atoms with Crippen molar-refractivity contribution in [1.82, 2.24) is 19.2 Å². The normalized spacial score (nSPS) is 11.7. The molecule has 3 heterocycles.